The number of pyridine rings is 1. The lowest BCUT2D eigenvalue weighted by Gasteiger charge is -2.08. The van der Waals surface area contributed by atoms with Gasteiger partial charge >= 0.3 is 5.97 Å². The number of ether oxygens (including phenoxy) is 1. The molecule has 1 N–H and O–H groups in total. The molecule has 0 radical (unpaired) electrons. The number of rotatable bonds is 5. The standard InChI is InChI=1S/C13H15BrN2O3/c1-2-3-13(17)18-8-10-6-12(16-19-10)11-5-4-9(14)7-15-11/h4-7,10,16H,2-3,8H2,1H3. The van der Waals surface area contributed by atoms with Crippen LogP contribution in [0.1, 0.15) is 25.5 Å². The van der Waals surface area contributed by atoms with Crippen LogP contribution in [-0.4, -0.2) is 23.7 Å². The first kappa shape index (κ1) is 14.0. The summed E-state index contributed by atoms with van der Waals surface area (Å²) in [5, 5.41) is 0. The maximum atomic E-state index is 11.3. The average Bonchev–Trinajstić information content (AvgIpc) is 2.86. The van der Waals surface area contributed by atoms with E-state index in [1.165, 1.54) is 0 Å². The van der Waals surface area contributed by atoms with Crippen molar-refractivity contribution in [2.75, 3.05) is 6.61 Å². The van der Waals surface area contributed by atoms with Gasteiger partial charge in [0.05, 0.1) is 11.4 Å². The molecular weight excluding hydrogens is 312 g/mol. The molecule has 0 saturated heterocycles. The zero-order valence-electron chi connectivity index (χ0n) is 10.6. The molecule has 1 unspecified atom stereocenters. The molecule has 102 valence electrons. The minimum atomic E-state index is -0.277. The van der Waals surface area contributed by atoms with Gasteiger partial charge in [-0.2, -0.15) is 0 Å². The molecule has 5 nitrogen and oxygen atoms in total. The number of esters is 1. The van der Waals surface area contributed by atoms with E-state index in [-0.39, 0.29) is 18.7 Å². The second-order valence-corrected chi connectivity index (χ2v) is 5.05. The van der Waals surface area contributed by atoms with Gasteiger partial charge in [0.2, 0.25) is 0 Å². The van der Waals surface area contributed by atoms with E-state index in [1.54, 1.807) is 6.20 Å². The average molecular weight is 327 g/mol. The Balaban J connectivity index is 1.90. The van der Waals surface area contributed by atoms with Crippen LogP contribution in [0.2, 0.25) is 0 Å². The molecule has 1 aliphatic rings. The third-order valence-electron chi connectivity index (χ3n) is 2.54. The minimum Gasteiger partial charge on any atom is -0.462 e. The minimum absolute atomic E-state index is 0.199. The molecule has 0 aliphatic carbocycles. The van der Waals surface area contributed by atoms with E-state index in [0.29, 0.717) is 6.42 Å². The van der Waals surface area contributed by atoms with E-state index < -0.39 is 0 Å². The van der Waals surface area contributed by atoms with Gasteiger partial charge in [-0.25, -0.2) is 0 Å². The van der Waals surface area contributed by atoms with Crippen LogP contribution in [0.5, 0.6) is 0 Å². The van der Waals surface area contributed by atoms with Gasteiger partial charge in [0.15, 0.2) is 0 Å². The molecule has 0 saturated carbocycles. The first-order valence-corrected chi connectivity index (χ1v) is 6.89. The SMILES string of the molecule is CCCC(=O)OCC1C=C(c2ccc(Br)cn2)NO1. The molecule has 0 fully saturated rings. The molecule has 1 atom stereocenters. The Bertz CT molecular complexity index is 473. The maximum absolute atomic E-state index is 11.3. The highest BCUT2D eigenvalue weighted by molar-refractivity contribution is 9.10. The lowest BCUT2D eigenvalue weighted by Crippen LogP contribution is -2.20. The normalized spacial score (nSPS) is 17.8. The van der Waals surface area contributed by atoms with Gasteiger partial charge in [0, 0.05) is 17.1 Å². The largest absolute Gasteiger partial charge is 0.462 e. The molecule has 0 amide bonds. The van der Waals surface area contributed by atoms with Crippen LogP contribution in [0.4, 0.5) is 0 Å². The Morgan fingerprint density at radius 3 is 3.11 bits per heavy atom. The highest BCUT2D eigenvalue weighted by atomic mass is 79.9. The number of halogens is 1. The zero-order chi connectivity index (χ0) is 13.7. The fraction of sp³-hybridized carbons (Fsp3) is 0.385. The predicted molar refractivity (Wildman–Crippen MR) is 73.8 cm³/mol. The Kier molecular flexibility index (Phi) is 4.93. The third kappa shape index (κ3) is 4.04. The summed E-state index contributed by atoms with van der Waals surface area (Å²) in [5.74, 6) is -0.199. The van der Waals surface area contributed by atoms with Crippen molar-refractivity contribution in [3.63, 3.8) is 0 Å². The van der Waals surface area contributed by atoms with Gasteiger partial charge < -0.3 is 4.74 Å². The molecule has 1 aromatic rings. The molecule has 1 aliphatic heterocycles. The lowest BCUT2D eigenvalue weighted by molar-refractivity contribution is -0.147. The van der Waals surface area contributed by atoms with Crippen molar-refractivity contribution < 1.29 is 14.4 Å². The summed E-state index contributed by atoms with van der Waals surface area (Å²) in [5.41, 5.74) is 4.35. The topological polar surface area (TPSA) is 60.5 Å². The molecule has 0 spiro atoms. The fourth-order valence-electron chi connectivity index (χ4n) is 1.60. The Morgan fingerprint density at radius 2 is 2.42 bits per heavy atom. The van der Waals surface area contributed by atoms with Crippen LogP contribution in [0, 0.1) is 0 Å². The Hall–Kier alpha value is -1.40. The molecular formula is C13H15BrN2O3. The summed E-state index contributed by atoms with van der Waals surface area (Å²) in [7, 11) is 0. The number of nitrogens with zero attached hydrogens (tertiary/aromatic N) is 1. The quantitative estimate of drug-likeness (QED) is 0.842. The first-order chi connectivity index (χ1) is 9.19. The molecule has 0 bridgehead atoms. The van der Waals surface area contributed by atoms with Crippen molar-refractivity contribution in [2.45, 2.75) is 25.9 Å². The monoisotopic (exact) mass is 326 g/mol. The Morgan fingerprint density at radius 1 is 1.58 bits per heavy atom. The number of hydroxylamine groups is 1. The number of hydrogen-bond acceptors (Lipinski definition) is 5. The summed E-state index contributed by atoms with van der Waals surface area (Å²) in [4.78, 5) is 20.8. The van der Waals surface area contributed by atoms with E-state index in [1.807, 2.05) is 25.1 Å². The van der Waals surface area contributed by atoms with Crippen molar-refractivity contribution in [3.05, 3.63) is 34.6 Å². The second kappa shape index (κ2) is 6.68. The van der Waals surface area contributed by atoms with E-state index in [0.717, 1.165) is 22.3 Å². The predicted octanol–water partition coefficient (Wildman–Crippen LogP) is 2.43. The van der Waals surface area contributed by atoms with Gasteiger partial charge in [-0.3, -0.25) is 20.1 Å². The Labute approximate surface area is 120 Å². The molecule has 2 heterocycles. The summed E-state index contributed by atoms with van der Waals surface area (Å²) in [6.45, 7) is 2.15. The van der Waals surface area contributed by atoms with Crippen LogP contribution < -0.4 is 5.48 Å². The van der Waals surface area contributed by atoms with Crippen LogP contribution in [0.15, 0.2) is 28.9 Å². The van der Waals surface area contributed by atoms with E-state index in [9.17, 15) is 4.79 Å². The lowest BCUT2D eigenvalue weighted by atomic mass is 10.2. The number of nitrogens with one attached hydrogen (secondary N) is 1. The van der Waals surface area contributed by atoms with Crippen LogP contribution >= 0.6 is 15.9 Å². The van der Waals surface area contributed by atoms with Crippen molar-refractivity contribution >= 4 is 27.6 Å². The van der Waals surface area contributed by atoms with Gasteiger partial charge in [-0.15, -0.1) is 0 Å². The van der Waals surface area contributed by atoms with Crippen LogP contribution in [-0.2, 0) is 14.4 Å². The van der Waals surface area contributed by atoms with Crippen molar-refractivity contribution in [1.82, 2.24) is 10.5 Å². The van der Waals surface area contributed by atoms with Gasteiger partial charge in [-0.1, -0.05) is 6.92 Å². The molecule has 0 aromatic carbocycles. The summed E-state index contributed by atoms with van der Waals surface area (Å²) >= 11 is 3.33. The van der Waals surface area contributed by atoms with Crippen LogP contribution in [0.3, 0.4) is 0 Å². The summed E-state index contributed by atoms with van der Waals surface area (Å²) in [6, 6.07) is 3.78. The first-order valence-electron chi connectivity index (χ1n) is 6.10. The summed E-state index contributed by atoms with van der Waals surface area (Å²) < 4.78 is 6.01. The number of carbonyl (C=O) groups is 1. The molecule has 19 heavy (non-hydrogen) atoms. The smallest absolute Gasteiger partial charge is 0.305 e. The van der Waals surface area contributed by atoms with Gasteiger partial charge in [0.1, 0.15) is 12.7 Å². The van der Waals surface area contributed by atoms with Crippen molar-refractivity contribution in [3.8, 4) is 0 Å². The molecule has 6 heteroatoms. The zero-order valence-corrected chi connectivity index (χ0v) is 12.1. The second-order valence-electron chi connectivity index (χ2n) is 4.13. The van der Waals surface area contributed by atoms with E-state index in [2.05, 4.69) is 26.4 Å². The van der Waals surface area contributed by atoms with E-state index in [4.69, 9.17) is 9.57 Å². The van der Waals surface area contributed by atoms with Gasteiger partial charge in [-0.05, 0) is 40.6 Å². The van der Waals surface area contributed by atoms with Gasteiger partial charge in [0.25, 0.3) is 0 Å². The number of carbonyl (C=O) groups excluding carboxylic acids is 1. The van der Waals surface area contributed by atoms with Crippen LogP contribution in [0.25, 0.3) is 5.70 Å². The highest BCUT2D eigenvalue weighted by Gasteiger charge is 2.19. The van der Waals surface area contributed by atoms with Crippen molar-refractivity contribution in [1.29, 1.82) is 0 Å². The van der Waals surface area contributed by atoms with Crippen molar-refractivity contribution in [2.24, 2.45) is 0 Å². The number of aromatic nitrogens is 1. The number of hydrogen-bond donors (Lipinski definition) is 1. The fourth-order valence-corrected chi connectivity index (χ4v) is 1.83. The highest BCUT2D eigenvalue weighted by Crippen LogP contribution is 2.18. The maximum Gasteiger partial charge on any atom is 0.305 e. The molecule has 2 rings (SSSR count). The molecule has 1 aromatic heterocycles. The summed E-state index contributed by atoms with van der Waals surface area (Å²) in [6.07, 6.45) is 4.51. The third-order valence-corrected chi connectivity index (χ3v) is 3.01. The van der Waals surface area contributed by atoms with E-state index >= 15 is 0 Å².